The third-order valence-electron chi connectivity index (χ3n) is 5.84. The lowest BCUT2D eigenvalue weighted by molar-refractivity contribution is 0.0935. The molecule has 0 bridgehead atoms. The molecular weight excluding hydrogens is 344 g/mol. The molecule has 150 valence electrons. The molecule has 3 rings (SSSR count). The van der Waals surface area contributed by atoms with E-state index in [4.69, 9.17) is 0 Å². The molecule has 28 heavy (non-hydrogen) atoms. The molecule has 1 aliphatic rings. The van der Waals surface area contributed by atoms with E-state index in [1.165, 1.54) is 61.0 Å². The molecule has 3 nitrogen and oxygen atoms in total. The van der Waals surface area contributed by atoms with Gasteiger partial charge in [0.05, 0.1) is 6.04 Å². The first kappa shape index (κ1) is 20.6. The van der Waals surface area contributed by atoms with Crippen LogP contribution in [0.1, 0.15) is 77.7 Å². The van der Waals surface area contributed by atoms with Crippen molar-refractivity contribution >= 4 is 5.91 Å². The number of hydrogen-bond acceptors (Lipinski definition) is 2. The summed E-state index contributed by atoms with van der Waals surface area (Å²) in [5.41, 5.74) is 5.73. The summed E-state index contributed by atoms with van der Waals surface area (Å²) in [7, 11) is 0. The SMILES string of the molecule is CCC(NC(=O)c1ccc(CN2CCCCCC2)cc1)c1ccc(C)cc1C. The van der Waals surface area contributed by atoms with Crippen molar-refractivity contribution in [3.8, 4) is 0 Å². The van der Waals surface area contributed by atoms with Gasteiger partial charge in [-0.2, -0.15) is 0 Å². The number of nitrogens with zero attached hydrogens (tertiary/aromatic N) is 1. The van der Waals surface area contributed by atoms with Crippen molar-refractivity contribution in [2.24, 2.45) is 0 Å². The maximum atomic E-state index is 12.8. The van der Waals surface area contributed by atoms with Gasteiger partial charge in [0.15, 0.2) is 0 Å². The predicted molar refractivity (Wildman–Crippen MR) is 117 cm³/mol. The minimum absolute atomic E-state index is 0.00754. The summed E-state index contributed by atoms with van der Waals surface area (Å²) >= 11 is 0. The first-order chi connectivity index (χ1) is 13.6. The molecule has 0 aliphatic carbocycles. The Labute approximate surface area is 170 Å². The molecule has 2 aromatic carbocycles. The summed E-state index contributed by atoms with van der Waals surface area (Å²) in [5.74, 6) is 0.00754. The van der Waals surface area contributed by atoms with Crippen LogP contribution in [0.3, 0.4) is 0 Å². The first-order valence-corrected chi connectivity index (χ1v) is 10.8. The van der Waals surface area contributed by atoms with Crippen LogP contribution in [-0.2, 0) is 6.54 Å². The fourth-order valence-electron chi connectivity index (χ4n) is 4.17. The summed E-state index contributed by atoms with van der Waals surface area (Å²) in [4.78, 5) is 15.3. The van der Waals surface area contributed by atoms with E-state index >= 15 is 0 Å². The van der Waals surface area contributed by atoms with E-state index in [2.05, 4.69) is 61.3 Å². The number of amides is 1. The van der Waals surface area contributed by atoms with Gasteiger partial charge >= 0.3 is 0 Å². The highest BCUT2D eigenvalue weighted by Gasteiger charge is 2.16. The van der Waals surface area contributed by atoms with E-state index in [-0.39, 0.29) is 11.9 Å². The van der Waals surface area contributed by atoms with Crippen LogP contribution in [0.2, 0.25) is 0 Å². The van der Waals surface area contributed by atoms with E-state index in [1.54, 1.807) is 0 Å². The van der Waals surface area contributed by atoms with Crippen LogP contribution < -0.4 is 5.32 Å². The Morgan fingerprint density at radius 2 is 1.68 bits per heavy atom. The molecule has 1 amide bonds. The first-order valence-electron chi connectivity index (χ1n) is 10.8. The second-order valence-electron chi connectivity index (χ2n) is 8.18. The molecule has 0 saturated carbocycles. The Morgan fingerprint density at radius 1 is 1.00 bits per heavy atom. The van der Waals surface area contributed by atoms with Crippen LogP contribution in [0.4, 0.5) is 0 Å². The summed E-state index contributed by atoms with van der Waals surface area (Å²) in [6, 6.07) is 14.6. The lowest BCUT2D eigenvalue weighted by Crippen LogP contribution is -2.28. The fraction of sp³-hybridized carbons (Fsp3) is 0.480. The number of nitrogens with one attached hydrogen (secondary N) is 1. The average Bonchev–Trinajstić information content (AvgIpc) is 2.95. The van der Waals surface area contributed by atoms with Crippen molar-refractivity contribution in [2.45, 2.75) is 65.5 Å². The molecule has 0 spiro atoms. The zero-order chi connectivity index (χ0) is 19.9. The lowest BCUT2D eigenvalue weighted by atomic mass is 9.97. The maximum Gasteiger partial charge on any atom is 0.251 e. The van der Waals surface area contributed by atoms with Gasteiger partial charge in [0.2, 0.25) is 0 Å². The van der Waals surface area contributed by atoms with E-state index in [9.17, 15) is 4.79 Å². The quantitative estimate of drug-likeness (QED) is 0.713. The zero-order valence-corrected chi connectivity index (χ0v) is 17.6. The van der Waals surface area contributed by atoms with Crippen LogP contribution in [0.15, 0.2) is 42.5 Å². The molecule has 1 N–H and O–H groups in total. The van der Waals surface area contributed by atoms with Crippen LogP contribution in [0.5, 0.6) is 0 Å². The molecule has 1 unspecified atom stereocenters. The smallest absolute Gasteiger partial charge is 0.251 e. The van der Waals surface area contributed by atoms with Gasteiger partial charge in [-0.05, 0) is 75.0 Å². The van der Waals surface area contributed by atoms with Gasteiger partial charge in [-0.3, -0.25) is 9.69 Å². The Kier molecular flexibility index (Phi) is 7.27. The molecule has 1 atom stereocenters. The van der Waals surface area contributed by atoms with Gasteiger partial charge in [-0.15, -0.1) is 0 Å². The van der Waals surface area contributed by atoms with Crippen LogP contribution >= 0.6 is 0 Å². The van der Waals surface area contributed by atoms with E-state index in [0.717, 1.165) is 18.5 Å². The topological polar surface area (TPSA) is 32.3 Å². The van der Waals surface area contributed by atoms with Crippen LogP contribution in [0.25, 0.3) is 0 Å². The molecular formula is C25H34N2O. The monoisotopic (exact) mass is 378 g/mol. The van der Waals surface area contributed by atoms with Gasteiger partial charge in [-0.25, -0.2) is 0 Å². The molecule has 1 saturated heterocycles. The number of hydrogen-bond donors (Lipinski definition) is 1. The van der Waals surface area contributed by atoms with Gasteiger partial charge in [-0.1, -0.05) is 55.7 Å². The van der Waals surface area contributed by atoms with Gasteiger partial charge in [0.1, 0.15) is 0 Å². The van der Waals surface area contributed by atoms with Crippen molar-refractivity contribution < 1.29 is 4.79 Å². The fourth-order valence-corrected chi connectivity index (χ4v) is 4.17. The third-order valence-corrected chi connectivity index (χ3v) is 5.84. The Bertz CT molecular complexity index is 774. The average molecular weight is 379 g/mol. The second-order valence-corrected chi connectivity index (χ2v) is 8.18. The van der Waals surface area contributed by atoms with Crippen LogP contribution in [-0.4, -0.2) is 23.9 Å². The summed E-state index contributed by atoms with van der Waals surface area (Å²) in [5, 5.41) is 3.22. The van der Waals surface area contributed by atoms with E-state index < -0.39 is 0 Å². The van der Waals surface area contributed by atoms with Crippen molar-refractivity contribution in [3.05, 3.63) is 70.3 Å². The van der Waals surface area contributed by atoms with Gasteiger partial charge < -0.3 is 5.32 Å². The number of rotatable bonds is 6. The molecule has 0 aromatic heterocycles. The van der Waals surface area contributed by atoms with Crippen molar-refractivity contribution in [2.75, 3.05) is 13.1 Å². The Morgan fingerprint density at radius 3 is 2.29 bits per heavy atom. The zero-order valence-electron chi connectivity index (χ0n) is 17.6. The van der Waals surface area contributed by atoms with Crippen molar-refractivity contribution in [3.63, 3.8) is 0 Å². The summed E-state index contributed by atoms with van der Waals surface area (Å²) < 4.78 is 0. The minimum atomic E-state index is 0.00754. The van der Waals surface area contributed by atoms with Gasteiger partial charge in [0.25, 0.3) is 5.91 Å². The molecule has 1 fully saturated rings. The number of carbonyl (C=O) groups excluding carboxylic acids is 1. The molecule has 3 heteroatoms. The summed E-state index contributed by atoms with van der Waals surface area (Å²) in [6.45, 7) is 9.71. The molecule has 0 radical (unpaired) electrons. The largest absolute Gasteiger partial charge is 0.345 e. The number of benzene rings is 2. The van der Waals surface area contributed by atoms with Crippen molar-refractivity contribution in [1.82, 2.24) is 10.2 Å². The summed E-state index contributed by atoms with van der Waals surface area (Å²) in [6.07, 6.45) is 6.20. The normalized spacial score (nSPS) is 16.4. The highest BCUT2D eigenvalue weighted by atomic mass is 16.1. The predicted octanol–water partition coefficient (Wildman–Crippen LogP) is 5.56. The maximum absolute atomic E-state index is 12.8. The molecule has 1 heterocycles. The number of aryl methyl sites for hydroxylation is 2. The van der Waals surface area contributed by atoms with Gasteiger partial charge in [0, 0.05) is 12.1 Å². The van der Waals surface area contributed by atoms with E-state index in [0.29, 0.717) is 0 Å². The minimum Gasteiger partial charge on any atom is -0.345 e. The Hall–Kier alpha value is -2.13. The second kappa shape index (κ2) is 9.88. The number of carbonyl (C=O) groups is 1. The van der Waals surface area contributed by atoms with Crippen LogP contribution in [0, 0.1) is 13.8 Å². The highest BCUT2D eigenvalue weighted by Crippen LogP contribution is 2.22. The highest BCUT2D eigenvalue weighted by molar-refractivity contribution is 5.94. The standard InChI is InChI=1S/C25H34N2O/c1-4-24(23-14-9-19(2)17-20(23)3)26-25(28)22-12-10-21(11-13-22)18-27-15-7-5-6-8-16-27/h9-14,17,24H,4-8,15-16,18H2,1-3H3,(H,26,28). The van der Waals surface area contributed by atoms with E-state index in [1.807, 2.05) is 12.1 Å². The molecule has 2 aromatic rings. The number of likely N-dealkylation sites (tertiary alicyclic amines) is 1. The Balaban J connectivity index is 1.63. The van der Waals surface area contributed by atoms with Crippen molar-refractivity contribution in [1.29, 1.82) is 0 Å². The third kappa shape index (κ3) is 5.45. The molecule has 1 aliphatic heterocycles. The lowest BCUT2D eigenvalue weighted by Gasteiger charge is -2.21.